The average molecular weight is 273 g/mol. The van der Waals surface area contributed by atoms with Crippen LogP contribution in [0.15, 0.2) is 53.8 Å². The number of aromatic nitrogens is 1. The van der Waals surface area contributed by atoms with Gasteiger partial charge in [0.1, 0.15) is 5.69 Å². The third-order valence-electron chi connectivity index (χ3n) is 2.61. The number of amidine groups is 1. The summed E-state index contributed by atoms with van der Waals surface area (Å²) >= 11 is 1.77. The Labute approximate surface area is 116 Å². The monoisotopic (exact) mass is 273 g/mol. The van der Waals surface area contributed by atoms with Gasteiger partial charge in [-0.15, -0.1) is 0 Å². The Kier molecular flexibility index (Phi) is 4.80. The van der Waals surface area contributed by atoms with Crippen molar-refractivity contribution in [3.63, 3.8) is 0 Å². The van der Waals surface area contributed by atoms with E-state index in [-0.39, 0.29) is 5.84 Å². The molecule has 4 nitrogen and oxygen atoms in total. The summed E-state index contributed by atoms with van der Waals surface area (Å²) in [5, 5.41) is 11.7. The summed E-state index contributed by atoms with van der Waals surface area (Å²) in [6.07, 6.45) is 1.64. The van der Waals surface area contributed by atoms with Crippen molar-refractivity contribution < 1.29 is 5.21 Å². The smallest absolute Gasteiger partial charge is 0.189 e. The van der Waals surface area contributed by atoms with Crippen molar-refractivity contribution >= 4 is 17.6 Å². The van der Waals surface area contributed by atoms with E-state index in [1.165, 1.54) is 5.56 Å². The molecule has 0 saturated heterocycles. The van der Waals surface area contributed by atoms with Crippen LogP contribution in [-0.4, -0.2) is 16.0 Å². The molecule has 0 saturated carbocycles. The highest BCUT2D eigenvalue weighted by Crippen LogP contribution is 2.19. The Hall–Kier alpha value is -2.01. The van der Waals surface area contributed by atoms with Gasteiger partial charge in [0.2, 0.25) is 0 Å². The molecule has 0 atom stereocenters. The van der Waals surface area contributed by atoms with E-state index in [1.54, 1.807) is 18.0 Å². The highest BCUT2D eigenvalue weighted by atomic mass is 32.2. The van der Waals surface area contributed by atoms with Crippen LogP contribution in [-0.2, 0) is 11.5 Å². The van der Waals surface area contributed by atoms with Crippen LogP contribution in [0.5, 0.6) is 0 Å². The molecular weight excluding hydrogens is 258 g/mol. The molecule has 19 heavy (non-hydrogen) atoms. The average Bonchev–Trinajstić information content (AvgIpc) is 2.48. The first-order valence-corrected chi connectivity index (χ1v) is 7.00. The molecule has 0 radical (unpaired) electrons. The molecule has 2 aromatic rings. The summed E-state index contributed by atoms with van der Waals surface area (Å²) in [4.78, 5) is 4.15. The number of thioether (sulfide) groups is 1. The van der Waals surface area contributed by atoms with E-state index in [1.807, 2.05) is 30.3 Å². The second kappa shape index (κ2) is 6.80. The molecule has 0 fully saturated rings. The largest absolute Gasteiger partial charge is 0.409 e. The number of hydrogen-bond acceptors (Lipinski definition) is 4. The lowest BCUT2D eigenvalue weighted by molar-refractivity contribution is 0.318. The van der Waals surface area contributed by atoms with Gasteiger partial charge in [0.15, 0.2) is 5.84 Å². The summed E-state index contributed by atoms with van der Waals surface area (Å²) in [6.45, 7) is 0. The Morgan fingerprint density at radius 2 is 1.95 bits per heavy atom. The molecule has 2 rings (SSSR count). The van der Waals surface area contributed by atoms with Gasteiger partial charge in [-0.05, 0) is 17.2 Å². The van der Waals surface area contributed by atoms with Crippen LogP contribution in [0.2, 0.25) is 0 Å². The summed E-state index contributed by atoms with van der Waals surface area (Å²) in [6, 6.07) is 14.1. The third kappa shape index (κ3) is 3.72. The normalized spacial score (nSPS) is 11.5. The fourth-order valence-corrected chi connectivity index (χ4v) is 2.67. The van der Waals surface area contributed by atoms with Crippen molar-refractivity contribution in [2.45, 2.75) is 11.5 Å². The van der Waals surface area contributed by atoms with Crippen LogP contribution >= 0.6 is 11.8 Å². The van der Waals surface area contributed by atoms with E-state index in [0.717, 1.165) is 17.1 Å². The van der Waals surface area contributed by atoms with Gasteiger partial charge >= 0.3 is 0 Å². The van der Waals surface area contributed by atoms with E-state index in [0.29, 0.717) is 5.69 Å². The maximum absolute atomic E-state index is 8.73. The van der Waals surface area contributed by atoms with Crippen molar-refractivity contribution in [2.24, 2.45) is 10.9 Å². The Morgan fingerprint density at radius 1 is 1.16 bits per heavy atom. The minimum atomic E-state index is 0.0518. The van der Waals surface area contributed by atoms with Crippen LogP contribution < -0.4 is 5.73 Å². The molecule has 0 aliphatic rings. The maximum atomic E-state index is 8.73. The number of oxime groups is 1. The Morgan fingerprint density at radius 3 is 2.68 bits per heavy atom. The second-order valence-corrected chi connectivity index (χ2v) is 4.96. The van der Waals surface area contributed by atoms with E-state index in [2.05, 4.69) is 22.3 Å². The first kappa shape index (κ1) is 13.4. The van der Waals surface area contributed by atoms with Crippen molar-refractivity contribution in [3.05, 3.63) is 65.5 Å². The molecule has 1 aromatic heterocycles. The fourth-order valence-electron chi connectivity index (χ4n) is 1.69. The number of benzene rings is 1. The molecule has 0 unspecified atom stereocenters. The molecular formula is C14H15N3OS. The van der Waals surface area contributed by atoms with Crippen molar-refractivity contribution in [1.82, 2.24) is 4.98 Å². The van der Waals surface area contributed by atoms with Gasteiger partial charge < -0.3 is 10.9 Å². The standard InChI is InChI=1S/C14H15N3OS/c15-14(17-18)13-12(7-4-8-16-13)10-19-9-11-5-2-1-3-6-11/h1-8,18H,9-10H2,(H2,15,17). The van der Waals surface area contributed by atoms with Gasteiger partial charge in [-0.25, -0.2) is 0 Å². The molecule has 0 amide bonds. The van der Waals surface area contributed by atoms with Gasteiger partial charge in [-0.2, -0.15) is 11.8 Å². The van der Waals surface area contributed by atoms with Gasteiger partial charge in [-0.1, -0.05) is 41.6 Å². The summed E-state index contributed by atoms with van der Waals surface area (Å²) in [5.41, 5.74) is 8.40. The quantitative estimate of drug-likeness (QED) is 0.380. The molecule has 0 spiro atoms. The summed E-state index contributed by atoms with van der Waals surface area (Å²) in [7, 11) is 0. The van der Waals surface area contributed by atoms with Crippen LogP contribution in [0.3, 0.4) is 0 Å². The van der Waals surface area contributed by atoms with Gasteiger partial charge in [-0.3, -0.25) is 4.98 Å². The zero-order chi connectivity index (χ0) is 13.5. The summed E-state index contributed by atoms with van der Waals surface area (Å²) < 4.78 is 0. The molecule has 5 heteroatoms. The van der Waals surface area contributed by atoms with E-state index >= 15 is 0 Å². The van der Waals surface area contributed by atoms with E-state index in [9.17, 15) is 0 Å². The van der Waals surface area contributed by atoms with E-state index in [4.69, 9.17) is 10.9 Å². The lowest BCUT2D eigenvalue weighted by atomic mass is 10.2. The van der Waals surface area contributed by atoms with Crippen LogP contribution in [0.25, 0.3) is 0 Å². The number of hydrogen-bond donors (Lipinski definition) is 2. The number of rotatable bonds is 5. The van der Waals surface area contributed by atoms with Gasteiger partial charge in [0, 0.05) is 17.7 Å². The molecule has 1 heterocycles. The molecule has 3 N–H and O–H groups in total. The number of nitrogens with two attached hydrogens (primary N) is 1. The lowest BCUT2D eigenvalue weighted by Gasteiger charge is -2.06. The Balaban J connectivity index is 2.00. The third-order valence-corrected chi connectivity index (χ3v) is 3.66. The van der Waals surface area contributed by atoms with Crippen molar-refractivity contribution in [3.8, 4) is 0 Å². The SMILES string of the molecule is N/C(=N/O)c1ncccc1CSCc1ccccc1. The zero-order valence-corrected chi connectivity index (χ0v) is 11.2. The van der Waals surface area contributed by atoms with Crippen LogP contribution in [0.1, 0.15) is 16.8 Å². The first-order valence-electron chi connectivity index (χ1n) is 5.84. The highest BCUT2D eigenvalue weighted by molar-refractivity contribution is 7.97. The predicted octanol–water partition coefficient (Wildman–Crippen LogP) is 2.61. The molecule has 1 aromatic carbocycles. The summed E-state index contributed by atoms with van der Waals surface area (Å²) in [5.74, 6) is 1.75. The van der Waals surface area contributed by atoms with Crippen molar-refractivity contribution in [2.75, 3.05) is 0 Å². The van der Waals surface area contributed by atoms with Gasteiger partial charge in [0.05, 0.1) is 0 Å². The minimum Gasteiger partial charge on any atom is -0.409 e. The topological polar surface area (TPSA) is 71.5 Å². The van der Waals surface area contributed by atoms with Crippen LogP contribution in [0.4, 0.5) is 0 Å². The fraction of sp³-hybridized carbons (Fsp3) is 0.143. The van der Waals surface area contributed by atoms with Gasteiger partial charge in [0.25, 0.3) is 0 Å². The Bertz CT molecular complexity index is 558. The van der Waals surface area contributed by atoms with Crippen LogP contribution in [0, 0.1) is 0 Å². The first-order chi connectivity index (χ1) is 9.31. The minimum absolute atomic E-state index is 0.0518. The lowest BCUT2D eigenvalue weighted by Crippen LogP contribution is -2.17. The molecule has 0 bridgehead atoms. The molecule has 0 aliphatic carbocycles. The molecule has 0 aliphatic heterocycles. The predicted molar refractivity (Wildman–Crippen MR) is 78.2 cm³/mol. The number of pyridine rings is 1. The zero-order valence-electron chi connectivity index (χ0n) is 10.4. The van der Waals surface area contributed by atoms with E-state index < -0.39 is 0 Å². The maximum Gasteiger partial charge on any atom is 0.189 e. The van der Waals surface area contributed by atoms with Crippen molar-refractivity contribution in [1.29, 1.82) is 0 Å². The number of nitrogens with zero attached hydrogens (tertiary/aromatic N) is 2. The second-order valence-electron chi connectivity index (χ2n) is 3.97. The highest BCUT2D eigenvalue weighted by Gasteiger charge is 2.07. The molecule has 98 valence electrons.